The fourth-order valence-corrected chi connectivity index (χ4v) is 2.03. The van der Waals surface area contributed by atoms with E-state index in [9.17, 15) is 9.59 Å². The van der Waals surface area contributed by atoms with E-state index in [0.717, 1.165) is 38.5 Å². The van der Waals surface area contributed by atoms with Gasteiger partial charge in [0, 0.05) is 32.1 Å². The first-order valence-electron chi connectivity index (χ1n) is 9.81. The first-order valence-corrected chi connectivity index (χ1v) is 9.81. The van der Waals surface area contributed by atoms with Crippen LogP contribution in [-0.4, -0.2) is 24.0 Å². The fourth-order valence-electron chi connectivity index (χ4n) is 2.03. The van der Waals surface area contributed by atoms with Crippen LogP contribution in [0.1, 0.15) is 99.8 Å². The Labute approximate surface area is 158 Å². The molecule has 154 valence electrons. The Kier molecular flexibility index (Phi) is 11.7. The highest BCUT2D eigenvalue weighted by Gasteiger charge is 2.44. The number of hydrogen-bond acceptors (Lipinski definition) is 6. The number of esters is 2. The molecule has 0 rings (SSSR count). The van der Waals surface area contributed by atoms with Gasteiger partial charge in [-0.3, -0.25) is 9.59 Å². The molecule has 0 aromatic heterocycles. The molecule has 0 N–H and O–H groups in total. The monoisotopic (exact) mass is 374 g/mol. The summed E-state index contributed by atoms with van der Waals surface area (Å²) in [6.45, 7) is 13.0. The SMILES string of the molecule is CCCCCC(=O)OC(C)OOC(C)(OC(=O)CCCCC)C(C)(C)C. The largest absolute Gasteiger partial charge is 0.433 e. The lowest BCUT2D eigenvalue weighted by Crippen LogP contribution is -2.47. The van der Waals surface area contributed by atoms with E-state index in [-0.39, 0.29) is 11.9 Å². The van der Waals surface area contributed by atoms with E-state index in [1.54, 1.807) is 13.8 Å². The number of rotatable bonds is 13. The van der Waals surface area contributed by atoms with Crippen LogP contribution in [-0.2, 0) is 28.8 Å². The van der Waals surface area contributed by atoms with Crippen LogP contribution in [0.2, 0.25) is 0 Å². The van der Waals surface area contributed by atoms with Crippen LogP contribution in [0.5, 0.6) is 0 Å². The number of hydrogen-bond donors (Lipinski definition) is 0. The lowest BCUT2D eigenvalue weighted by molar-refractivity contribution is -0.472. The molecule has 0 radical (unpaired) electrons. The number of carbonyl (C=O) groups is 2. The van der Waals surface area contributed by atoms with Crippen molar-refractivity contribution < 1.29 is 28.8 Å². The highest BCUT2D eigenvalue weighted by Crippen LogP contribution is 2.35. The van der Waals surface area contributed by atoms with E-state index in [0.29, 0.717) is 12.8 Å². The molecule has 2 atom stereocenters. The van der Waals surface area contributed by atoms with Gasteiger partial charge in [-0.1, -0.05) is 60.3 Å². The summed E-state index contributed by atoms with van der Waals surface area (Å²) in [4.78, 5) is 34.5. The lowest BCUT2D eigenvalue weighted by Gasteiger charge is -2.39. The molecule has 0 aliphatic heterocycles. The van der Waals surface area contributed by atoms with Crippen molar-refractivity contribution in [3.63, 3.8) is 0 Å². The molecular formula is C20H38O6. The van der Waals surface area contributed by atoms with E-state index in [2.05, 4.69) is 13.8 Å². The second-order valence-corrected chi connectivity index (χ2v) is 7.82. The molecule has 2 unspecified atom stereocenters. The van der Waals surface area contributed by atoms with Gasteiger partial charge in [-0.15, -0.1) is 0 Å². The third-order valence-corrected chi connectivity index (χ3v) is 4.28. The minimum atomic E-state index is -1.29. The molecule has 6 nitrogen and oxygen atoms in total. The van der Waals surface area contributed by atoms with Crippen LogP contribution < -0.4 is 0 Å². The van der Waals surface area contributed by atoms with Crippen molar-refractivity contribution in [2.75, 3.05) is 0 Å². The average molecular weight is 375 g/mol. The molecule has 0 spiro atoms. The fraction of sp³-hybridized carbons (Fsp3) is 0.900. The summed E-state index contributed by atoms with van der Waals surface area (Å²) < 4.78 is 10.7. The molecule has 0 aromatic rings. The van der Waals surface area contributed by atoms with Crippen LogP contribution in [0, 0.1) is 5.41 Å². The second-order valence-electron chi connectivity index (χ2n) is 7.82. The van der Waals surface area contributed by atoms with Gasteiger partial charge in [0.2, 0.25) is 12.1 Å². The Morgan fingerprint density at radius 2 is 1.35 bits per heavy atom. The maximum absolute atomic E-state index is 12.1. The molecule has 6 heteroatoms. The predicted molar refractivity (Wildman–Crippen MR) is 100.0 cm³/mol. The van der Waals surface area contributed by atoms with Crippen LogP contribution in [0.4, 0.5) is 0 Å². The summed E-state index contributed by atoms with van der Waals surface area (Å²) in [6, 6.07) is 0. The summed E-state index contributed by atoms with van der Waals surface area (Å²) in [5.74, 6) is -1.95. The number of carbonyl (C=O) groups excluding carboxylic acids is 2. The molecule has 0 amide bonds. The van der Waals surface area contributed by atoms with Crippen molar-refractivity contribution >= 4 is 11.9 Å². The summed E-state index contributed by atoms with van der Waals surface area (Å²) in [6.07, 6.45) is 5.40. The Morgan fingerprint density at radius 1 is 0.846 bits per heavy atom. The molecule has 0 heterocycles. The zero-order valence-electron chi connectivity index (χ0n) is 17.7. The van der Waals surface area contributed by atoms with E-state index in [4.69, 9.17) is 19.2 Å². The van der Waals surface area contributed by atoms with E-state index in [1.165, 1.54) is 0 Å². The third kappa shape index (κ3) is 10.1. The molecule has 0 saturated carbocycles. The van der Waals surface area contributed by atoms with Crippen LogP contribution in [0.25, 0.3) is 0 Å². The Bertz CT molecular complexity index is 415. The van der Waals surface area contributed by atoms with Gasteiger partial charge in [-0.25, -0.2) is 0 Å². The van der Waals surface area contributed by atoms with Crippen LogP contribution in [0.3, 0.4) is 0 Å². The summed E-state index contributed by atoms with van der Waals surface area (Å²) >= 11 is 0. The van der Waals surface area contributed by atoms with Crippen molar-refractivity contribution in [3.05, 3.63) is 0 Å². The predicted octanol–water partition coefficient (Wildman–Crippen LogP) is 5.29. The van der Waals surface area contributed by atoms with Crippen LogP contribution in [0.15, 0.2) is 0 Å². The Morgan fingerprint density at radius 3 is 1.81 bits per heavy atom. The first-order chi connectivity index (χ1) is 12.1. The van der Waals surface area contributed by atoms with Gasteiger partial charge >= 0.3 is 11.9 Å². The number of ether oxygens (including phenoxy) is 2. The Hall–Kier alpha value is -1.14. The van der Waals surface area contributed by atoms with E-state index in [1.807, 2.05) is 20.8 Å². The van der Waals surface area contributed by atoms with Gasteiger partial charge in [0.1, 0.15) is 0 Å². The normalized spacial score (nSPS) is 15.2. The topological polar surface area (TPSA) is 71.1 Å². The second kappa shape index (κ2) is 12.3. The van der Waals surface area contributed by atoms with Gasteiger partial charge in [0.15, 0.2) is 0 Å². The molecular weight excluding hydrogens is 336 g/mol. The van der Waals surface area contributed by atoms with Gasteiger partial charge in [0.05, 0.1) is 0 Å². The molecule has 0 bridgehead atoms. The maximum atomic E-state index is 12.1. The maximum Gasteiger partial charge on any atom is 0.308 e. The Balaban J connectivity index is 4.57. The lowest BCUT2D eigenvalue weighted by atomic mass is 9.86. The minimum Gasteiger partial charge on any atom is -0.433 e. The summed E-state index contributed by atoms with van der Waals surface area (Å²) in [5, 5.41) is 0. The molecule has 26 heavy (non-hydrogen) atoms. The quantitative estimate of drug-likeness (QED) is 0.143. The average Bonchev–Trinajstić information content (AvgIpc) is 2.52. The van der Waals surface area contributed by atoms with Crippen molar-refractivity contribution in [2.24, 2.45) is 5.41 Å². The molecule has 0 aliphatic rings. The van der Waals surface area contributed by atoms with Gasteiger partial charge < -0.3 is 9.47 Å². The van der Waals surface area contributed by atoms with Crippen molar-refractivity contribution in [2.45, 2.75) is 112 Å². The van der Waals surface area contributed by atoms with Crippen molar-refractivity contribution in [1.82, 2.24) is 0 Å². The van der Waals surface area contributed by atoms with Gasteiger partial charge in [-0.2, -0.15) is 9.78 Å². The highest BCUT2D eigenvalue weighted by molar-refractivity contribution is 5.70. The smallest absolute Gasteiger partial charge is 0.308 e. The summed E-state index contributed by atoms with van der Waals surface area (Å²) in [7, 11) is 0. The van der Waals surface area contributed by atoms with Gasteiger partial charge in [-0.05, 0) is 12.8 Å². The minimum absolute atomic E-state index is 0.330. The molecule has 0 aliphatic carbocycles. The third-order valence-electron chi connectivity index (χ3n) is 4.28. The van der Waals surface area contributed by atoms with E-state index >= 15 is 0 Å². The van der Waals surface area contributed by atoms with Crippen molar-refractivity contribution in [3.8, 4) is 0 Å². The standard InChI is InChI=1S/C20H38O6/c1-8-10-12-14-17(21)23-16(3)25-26-20(7,19(4,5)6)24-18(22)15-13-11-9-2/h16H,8-15H2,1-7H3. The van der Waals surface area contributed by atoms with E-state index < -0.39 is 17.5 Å². The van der Waals surface area contributed by atoms with Crippen molar-refractivity contribution in [1.29, 1.82) is 0 Å². The molecule has 0 fully saturated rings. The van der Waals surface area contributed by atoms with Crippen LogP contribution >= 0.6 is 0 Å². The zero-order valence-corrected chi connectivity index (χ0v) is 17.7. The number of unbranched alkanes of at least 4 members (excludes halogenated alkanes) is 4. The first kappa shape index (κ1) is 24.9. The zero-order chi connectivity index (χ0) is 20.2. The summed E-state index contributed by atoms with van der Waals surface area (Å²) in [5.41, 5.74) is -0.529. The molecule has 0 aromatic carbocycles. The highest BCUT2D eigenvalue weighted by atomic mass is 17.3. The van der Waals surface area contributed by atoms with Gasteiger partial charge in [0.25, 0.3) is 0 Å². The molecule has 0 saturated heterocycles.